The van der Waals surface area contributed by atoms with Crippen molar-refractivity contribution < 1.29 is 22.8 Å². The first kappa shape index (κ1) is 26.5. The predicted octanol–water partition coefficient (Wildman–Crippen LogP) is 4.58. The van der Waals surface area contributed by atoms with Crippen LogP contribution >= 0.6 is 0 Å². The van der Waals surface area contributed by atoms with Gasteiger partial charge in [-0.15, -0.1) is 5.10 Å². The normalized spacial score (nSPS) is 19.9. The van der Waals surface area contributed by atoms with Crippen LogP contribution in [0.2, 0.25) is 0 Å². The molecule has 206 valence electrons. The second-order valence-corrected chi connectivity index (χ2v) is 10.8. The number of amides is 2. The highest BCUT2D eigenvalue weighted by Crippen LogP contribution is 2.41. The number of benzene rings is 1. The van der Waals surface area contributed by atoms with Crippen molar-refractivity contribution in [2.24, 2.45) is 0 Å². The summed E-state index contributed by atoms with van der Waals surface area (Å²) in [6, 6.07) is 5.92. The van der Waals surface area contributed by atoms with Gasteiger partial charge < -0.3 is 9.80 Å². The monoisotopic (exact) mass is 532 g/mol. The number of aromatic nitrogens is 2. The summed E-state index contributed by atoms with van der Waals surface area (Å²) in [4.78, 5) is 32.2. The SMILES string of the molecule is CC(=O)N(C)c1ccn(C(=O)N2CCC3(CCCN3Cc3cc(N4CCCC4)cc(C(F)(F)F)c3)CC2)n1. The molecule has 0 saturated carbocycles. The first-order chi connectivity index (χ1) is 18.1. The third-order valence-electron chi connectivity index (χ3n) is 8.44. The minimum Gasteiger partial charge on any atom is -0.372 e. The van der Waals surface area contributed by atoms with Crippen LogP contribution in [0.1, 0.15) is 56.6 Å². The number of nitrogens with zero attached hydrogens (tertiary/aromatic N) is 6. The number of likely N-dealkylation sites (tertiary alicyclic amines) is 2. The predicted molar refractivity (Wildman–Crippen MR) is 138 cm³/mol. The third-order valence-corrected chi connectivity index (χ3v) is 8.44. The smallest absolute Gasteiger partial charge is 0.372 e. The maximum atomic E-state index is 13.7. The van der Waals surface area contributed by atoms with Gasteiger partial charge in [-0.1, -0.05) is 0 Å². The molecule has 1 spiro atoms. The molecule has 0 aliphatic carbocycles. The van der Waals surface area contributed by atoms with Crippen LogP contribution in [0, 0.1) is 0 Å². The van der Waals surface area contributed by atoms with Crippen molar-refractivity contribution in [2.75, 3.05) is 49.6 Å². The quantitative estimate of drug-likeness (QED) is 0.577. The summed E-state index contributed by atoms with van der Waals surface area (Å²) in [7, 11) is 1.61. The van der Waals surface area contributed by atoms with Crippen molar-refractivity contribution in [3.8, 4) is 0 Å². The van der Waals surface area contributed by atoms with Gasteiger partial charge in [-0.25, -0.2) is 4.79 Å². The van der Waals surface area contributed by atoms with E-state index in [-0.39, 0.29) is 17.5 Å². The molecular weight excluding hydrogens is 497 g/mol. The number of alkyl halides is 3. The van der Waals surface area contributed by atoms with E-state index in [1.54, 1.807) is 24.2 Å². The highest BCUT2D eigenvalue weighted by Gasteiger charge is 2.44. The van der Waals surface area contributed by atoms with Gasteiger partial charge in [0.05, 0.1) is 5.56 Å². The Labute approximate surface area is 221 Å². The number of halogens is 3. The van der Waals surface area contributed by atoms with Crippen LogP contribution in [0.25, 0.3) is 0 Å². The number of piperidine rings is 1. The Morgan fingerprint density at radius 2 is 1.71 bits per heavy atom. The molecule has 3 aliphatic rings. The van der Waals surface area contributed by atoms with E-state index in [1.165, 1.54) is 28.6 Å². The molecule has 1 aromatic carbocycles. The highest BCUT2D eigenvalue weighted by molar-refractivity contribution is 5.90. The summed E-state index contributed by atoms with van der Waals surface area (Å²) < 4.78 is 42.5. The molecule has 3 fully saturated rings. The second kappa shape index (κ2) is 10.2. The fraction of sp³-hybridized carbons (Fsp3) is 0.593. The van der Waals surface area contributed by atoms with E-state index in [1.807, 2.05) is 6.07 Å². The number of carbonyl (C=O) groups excluding carboxylic acids is 2. The zero-order valence-electron chi connectivity index (χ0n) is 22.0. The van der Waals surface area contributed by atoms with E-state index in [9.17, 15) is 22.8 Å². The van der Waals surface area contributed by atoms with Gasteiger partial charge in [-0.3, -0.25) is 14.6 Å². The van der Waals surface area contributed by atoms with E-state index < -0.39 is 11.7 Å². The molecule has 38 heavy (non-hydrogen) atoms. The summed E-state index contributed by atoms with van der Waals surface area (Å²) >= 11 is 0. The van der Waals surface area contributed by atoms with Crippen molar-refractivity contribution >= 4 is 23.4 Å². The first-order valence-electron chi connectivity index (χ1n) is 13.4. The largest absolute Gasteiger partial charge is 0.416 e. The number of hydrogen-bond acceptors (Lipinski definition) is 5. The van der Waals surface area contributed by atoms with Gasteiger partial charge >= 0.3 is 12.2 Å². The van der Waals surface area contributed by atoms with E-state index in [2.05, 4.69) is 14.9 Å². The summed E-state index contributed by atoms with van der Waals surface area (Å²) in [5, 5.41) is 4.26. The molecule has 0 radical (unpaired) electrons. The van der Waals surface area contributed by atoms with Gasteiger partial charge in [0.15, 0.2) is 5.82 Å². The molecule has 0 atom stereocenters. The fourth-order valence-electron chi connectivity index (χ4n) is 6.13. The average Bonchev–Trinajstić information content (AvgIpc) is 3.66. The average molecular weight is 533 g/mol. The maximum absolute atomic E-state index is 13.7. The van der Waals surface area contributed by atoms with Gasteiger partial charge in [0.2, 0.25) is 5.91 Å². The number of hydrogen-bond donors (Lipinski definition) is 0. The molecule has 0 unspecified atom stereocenters. The lowest BCUT2D eigenvalue weighted by Crippen LogP contribution is -2.53. The highest BCUT2D eigenvalue weighted by atomic mass is 19.4. The summed E-state index contributed by atoms with van der Waals surface area (Å²) in [6.45, 7) is 5.43. The Morgan fingerprint density at radius 3 is 2.37 bits per heavy atom. The molecule has 2 amide bonds. The summed E-state index contributed by atoms with van der Waals surface area (Å²) in [6.07, 6.45) is 2.68. The van der Waals surface area contributed by atoms with Crippen LogP contribution in [0.15, 0.2) is 30.5 Å². The minimum atomic E-state index is -4.38. The molecule has 3 saturated heterocycles. The minimum absolute atomic E-state index is 0.122. The Morgan fingerprint density at radius 1 is 1.00 bits per heavy atom. The topological polar surface area (TPSA) is 64.9 Å². The molecule has 0 N–H and O–H groups in total. The molecule has 3 aliphatic heterocycles. The Bertz CT molecular complexity index is 1180. The van der Waals surface area contributed by atoms with Crippen molar-refractivity contribution in [3.63, 3.8) is 0 Å². The number of anilines is 2. The summed E-state index contributed by atoms with van der Waals surface area (Å²) in [5.74, 6) is 0.243. The first-order valence-corrected chi connectivity index (χ1v) is 13.4. The molecule has 5 rings (SSSR count). The zero-order chi connectivity index (χ0) is 27.1. The second-order valence-electron chi connectivity index (χ2n) is 10.8. The van der Waals surface area contributed by atoms with Crippen LogP contribution in [-0.2, 0) is 17.5 Å². The standard InChI is InChI=1S/C27H35F3N6O2/c1-20(37)32(2)24-6-13-36(31-24)25(38)34-14-8-26(9-15-34)7-5-12-35(26)19-21-16-22(27(28,29)30)18-23(17-21)33-10-3-4-11-33/h6,13,16-18H,3-5,7-12,14-15,19H2,1-2H3. The Hall–Kier alpha value is -3.08. The molecule has 8 nitrogen and oxygen atoms in total. The van der Waals surface area contributed by atoms with E-state index in [4.69, 9.17) is 0 Å². The molecular formula is C27H35F3N6O2. The van der Waals surface area contributed by atoms with Crippen molar-refractivity contribution in [1.29, 1.82) is 0 Å². The molecule has 1 aromatic heterocycles. The number of carbonyl (C=O) groups is 2. The van der Waals surface area contributed by atoms with Gasteiger partial charge in [-0.05, 0) is 68.8 Å². The fourth-order valence-corrected chi connectivity index (χ4v) is 6.13. The lowest BCUT2D eigenvalue weighted by atomic mass is 9.84. The van der Waals surface area contributed by atoms with Gasteiger partial charge in [-0.2, -0.15) is 17.9 Å². The Balaban J connectivity index is 1.28. The van der Waals surface area contributed by atoms with Crippen molar-refractivity contribution in [1.82, 2.24) is 19.6 Å². The van der Waals surface area contributed by atoms with Crippen molar-refractivity contribution in [2.45, 2.75) is 63.7 Å². The zero-order valence-corrected chi connectivity index (χ0v) is 22.0. The maximum Gasteiger partial charge on any atom is 0.416 e. The van der Waals surface area contributed by atoms with E-state index in [0.29, 0.717) is 36.7 Å². The van der Waals surface area contributed by atoms with Crippen LogP contribution < -0.4 is 9.80 Å². The van der Waals surface area contributed by atoms with Gasteiger partial charge in [0, 0.05) is 70.2 Å². The van der Waals surface area contributed by atoms with Crippen LogP contribution in [0.4, 0.5) is 29.5 Å². The lowest BCUT2D eigenvalue weighted by Gasteiger charge is -2.45. The lowest BCUT2D eigenvalue weighted by molar-refractivity contribution is -0.137. The third kappa shape index (κ3) is 5.25. The molecule has 0 bridgehead atoms. The van der Waals surface area contributed by atoms with Crippen LogP contribution in [0.5, 0.6) is 0 Å². The van der Waals surface area contributed by atoms with E-state index >= 15 is 0 Å². The van der Waals surface area contributed by atoms with E-state index in [0.717, 1.165) is 58.2 Å². The Kier molecular flexibility index (Phi) is 7.15. The molecule has 4 heterocycles. The summed E-state index contributed by atoms with van der Waals surface area (Å²) in [5.41, 5.74) is 0.651. The van der Waals surface area contributed by atoms with Gasteiger partial charge in [0.1, 0.15) is 0 Å². The van der Waals surface area contributed by atoms with Crippen LogP contribution in [-0.4, -0.2) is 76.8 Å². The molecule has 11 heteroatoms. The number of rotatable bonds is 4. The van der Waals surface area contributed by atoms with Crippen molar-refractivity contribution in [3.05, 3.63) is 41.6 Å². The van der Waals surface area contributed by atoms with Crippen LogP contribution in [0.3, 0.4) is 0 Å². The van der Waals surface area contributed by atoms with Gasteiger partial charge in [0.25, 0.3) is 0 Å². The molecule has 2 aromatic rings.